The average molecular weight is 376 g/mol. The summed E-state index contributed by atoms with van der Waals surface area (Å²) in [6, 6.07) is 17.9. The molecule has 1 aromatic heterocycles. The van der Waals surface area contributed by atoms with Crippen LogP contribution in [0.4, 0.5) is 0 Å². The second-order valence-corrected chi connectivity index (χ2v) is 7.29. The smallest absolute Gasteiger partial charge is 0.241 e. The van der Waals surface area contributed by atoms with Crippen molar-refractivity contribution < 1.29 is 4.79 Å². The van der Waals surface area contributed by atoms with Crippen LogP contribution in [0, 0.1) is 0 Å². The van der Waals surface area contributed by atoms with Gasteiger partial charge < -0.3 is 5.32 Å². The van der Waals surface area contributed by atoms with Gasteiger partial charge in [0.1, 0.15) is 6.54 Å². The largest absolute Gasteiger partial charge is 0.352 e. The molecule has 0 atom stereocenters. The van der Waals surface area contributed by atoms with E-state index >= 15 is 0 Å². The van der Waals surface area contributed by atoms with Gasteiger partial charge in [-0.3, -0.25) is 19.2 Å². The number of nitrogens with one attached hydrogen (secondary N) is 1. The number of hydrogen-bond donors (Lipinski definition) is 1. The van der Waals surface area contributed by atoms with Crippen LogP contribution < -0.4 is 10.7 Å². The van der Waals surface area contributed by atoms with Gasteiger partial charge in [0.15, 0.2) is 0 Å². The number of para-hydroxylation sites is 1. The number of likely N-dealkylation sites (tertiary alicyclic amines) is 1. The summed E-state index contributed by atoms with van der Waals surface area (Å²) in [6.07, 6.45) is 3.16. The van der Waals surface area contributed by atoms with Gasteiger partial charge in [-0.15, -0.1) is 0 Å². The van der Waals surface area contributed by atoms with Crippen LogP contribution >= 0.6 is 0 Å². The Morgan fingerprint density at radius 3 is 2.54 bits per heavy atom. The molecule has 0 saturated carbocycles. The highest BCUT2D eigenvalue weighted by atomic mass is 16.2. The molecule has 0 radical (unpaired) electrons. The highest BCUT2D eigenvalue weighted by Gasteiger charge is 2.21. The number of carbonyl (C=O) groups excluding carboxylic acids is 1. The Hall–Kier alpha value is -2.99. The van der Waals surface area contributed by atoms with E-state index in [9.17, 15) is 9.59 Å². The van der Waals surface area contributed by atoms with Crippen LogP contribution in [0.25, 0.3) is 10.9 Å². The van der Waals surface area contributed by atoms with E-state index in [4.69, 9.17) is 0 Å². The Balaban J connectivity index is 1.32. The molecule has 1 aliphatic rings. The number of rotatable bonds is 5. The second-order valence-electron chi connectivity index (χ2n) is 7.29. The van der Waals surface area contributed by atoms with E-state index in [-0.39, 0.29) is 23.9 Å². The highest BCUT2D eigenvalue weighted by molar-refractivity contribution is 5.81. The Kier molecular flexibility index (Phi) is 5.48. The van der Waals surface area contributed by atoms with E-state index in [0.717, 1.165) is 32.5 Å². The Bertz CT molecular complexity index is 1010. The fraction of sp³-hybridized carbons (Fsp3) is 0.318. The van der Waals surface area contributed by atoms with E-state index in [0.29, 0.717) is 10.9 Å². The number of amides is 1. The molecule has 4 rings (SSSR count). The molecule has 0 spiro atoms. The third-order valence-corrected chi connectivity index (χ3v) is 5.26. The summed E-state index contributed by atoms with van der Waals surface area (Å²) in [6.45, 7) is 3.01. The van der Waals surface area contributed by atoms with Crippen molar-refractivity contribution in [2.45, 2.75) is 32.0 Å². The molecule has 1 N–H and O–H groups in total. The lowest BCUT2D eigenvalue weighted by atomic mass is 10.0. The molecule has 0 unspecified atom stereocenters. The summed E-state index contributed by atoms with van der Waals surface area (Å²) in [5.74, 6) is -0.0668. The van der Waals surface area contributed by atoms with Gasteiger partial charge in [-0.25, -0.2) is 0 Å². The van der Waals surface area contributed by atoms with Crippen molar-refractivity contribution in [3.63, 3.8) is 0 Å². The minimum absolute atomic E-state index is 0.0668. The monoisotopic (exact) mass is 376 g/mol. The summed E-state index contributed by atoms with van der Waals surface area (Å²) in [7, 11) is 0. The van der Waals surface area contributed by atoms with Crippen LogP contribution in [0.15, 0.2) is 65.6 Å². The summed E-state index contributed by atoms with van der Waals surface area (Å²) >= 11 is 0. The topological polar surface area (TPSA) is 67.2 Å². The quantitative estimate of drug-likeness (QED) is 0.741. The molecule has 6 nitrogen and oxygen atoms in total. The molecule has 2 heterocycles. The molecule has 1 fully saturated rings. The molecule has 6 heteroatoms. The maximum Gasteiger partial charge on any atom is 0.241 e. The van der Waals surface area contributed by atoms with Crippen LogP contribution in [0.3, 0.4) is 0 Å². The van der Waals surface area contributed by atoms with Gasteiger partial charge in [-0.1, -0.05) is 42.5 Å². The number of piperidine rings is 1. The fourth-order valence-electron chi connectivity index (χ4n) is 3.77. The van der Waals surface area contributed by atoms with Gasteiger partial charge in [0.2, 0.25) is 11.3 Å². The first-order valence-electron chi connectivity index (χ1n) is 9.69. The number of nitrogens with zero attached hydrogens (tertiary/aromatic N) is 3. The van der Waals surface area contributed by atoms with Gasteiger partial charge in [0.05, 0.1) is 11.7 Å². The number of benzene rings is 2. The number of hydrogen-bond acceptors (Lipinski definition) is 4. The second kappa shape index (κ2) is 8.35. The van der Waals surface area contributed by atoms with Crippen LogP contribution in [-0.2, 0) is 17.9 Å². The number of aromatic nitrogens is 2. The summed E-state index contributed by atoms with van der Waals surface area (Å²) in [4.78, 5) is 26.9. The average Bonchev–Trinajstić information content (AvgIpc) is 2.73. The van der Waals surface area contributed by atoms with E-state index in [1.165, 1.54) is 11.8 Å². The maximum atomic E-state index is 12.5. The molecule has 2 aromatic carbocycles. The first kappa shape index (κ1) is 18.4. The summed E-state index contributed by atoms with van der Waals surface area (Å²) in [5, 5.41) is 7.84. The molecule has 28 heavy (non-hydrogen) atoms. The highest BCUT2D eigenvalue weighted by Crippen LogP contribution is 2.14. The first-order chi connectivity index (χ1) is 13.7. The normalized spacial score (nSPS) is 15.6. The zero-order valence-corrected chi connectivity index (χ0v) is 15.8. The first-order valence-corrected chi connectivity index (χ1v) is 9.69. The number of carbonyl (C=O) groups is 1. The van der Waals surface area contributed by atoms with Crippen LogP contribution in [0.1, 0.15) is 18.4 Å². The van der Waals surface area contributed by atoms with E-state index in [2.05, 4.69) is 39.6 Å². The van der Waals surface area contributed by atoms with Crippen molar-refractivity contribution in [2.24, 2.45) is 0 Å². The van der Waals surface area contributed by atoms with Gasteiger partial charge in [-0.2, -0.15) is 5.10 Å². The summed E-state index contributed by atoms with van der Waals surface area (Å²) in [5.41, 5.74) is 1.88. The molecular weight excluding hydrogens is 352 g/mol. The molecule has 0 bridgehead atoms. The van der Waals surface area contributed by atoms with Gasteiger partial charge in [-0.05, 0) is 30.5 Å². The predicted molar refractivity (Wildman–Crippen MR) is 109 cm³/mol. The fourth-order valence-corrected chi connectivity index (χ4v) is 3.77. The minimum atomic E-state index is -0.127. The molecule has 0 aliphatic carbocycles. The van der Waals surface area contributed by atoms with Crippen molar-refractivity contribution in [1.82, 2.24) is 20.0 Å². The Morgan fingerprint density at radius 2 is 1.75 bits per heavy atom. The van der Waals surface area contributed by atoms with Crippen molar-refractivity contribution in [2.75, 3.05) is 13.1 Å². The van der Waals surface area contributed by atoms with Crippen LogP contribution in [0.5, 0.6) is 0 Å². The molecule has 3 aromatic rings. The third-order valence-electron chi connectivity index (χ3n) is 5.26. The Morgan fingerprint density at radius 1 is 1.04 bits per heavy atom. The van der Waals surface area contributed by atoms with Crippen LogP contribution in [0.2, 0.25) is 0 Å². The SMILES string of the molecule is O=C(Cn1ncc(=O)c2ccccc21)NC1CCN(Cc2ccccc2)CC1. The van der Waals surface area contributed by atoms with E-state index in [1.807, 2.05) is 24.3 Å². The number of fused-ring (bicyclic) bond motifs is 1. The predicted octanol–water partition coefficient (Wildman–Crippen LogP) is 2.18. The Labute approximate surface area is 163 Å². The molecular formula is C22H24N4O2. The summed E-state index contributed by atoms with van der Waals surface area (Å²) < 4.78 is 1.59. The van der Waals surface area contributed by atoms with E-state index in [1.54, 1.807) is 10.7 Å². The molecule has 144 valence electrons. The minimum Gasteiger partial charge on any atom is -0.352 e. The lowest BCUT2D eigenvalue weighted by Gasteiger charge is -2.32. The lowest BCUT2D eigenvalue weighted by Crippen LogP contribution is -2.45. The molecule has 1 saturated heterocycles. The van der Waals surface area contributed by atoms with Crippen LogP contribution in [-0.4, -0.2) is 39.7 Å². The van der Waals surface area contributed by atoms with E-state index < -0.39 is 0 Å². The zero-order chi connectivity index (χ0) is 19.3. The zero-order valence-electron chi connectivity index (χ0n) is 15.8. The maximum absolute atomic E-state index is 12.5. The van der Waals surface area contributed by atoms with Gasteiger partial charge >= 0.3 is 0 Å². The molecule has 1 aliphatic heterocycles. The third kappa shape index (κ3) is 4.28. The van der Waals surface area contributed by atoms with Crippen molar-refractivity contribution >= 4 is 16.8 Å². The van der Waals surface area contributed by atoms with Crippen molar-refractivity contribution in [1.29, 1.82) is 0 Å². The lowest BCUT2D eigenvalue weighted by molar-refractivity contribution is -0.122. The van der Waals surface area contributed by atoms with Gasteiger partial charge in [0.25, 0.3) is 0 Å². The van der Waals surface area contributed by atoms with Crippen molar-refractivity contribution in [3.05, 3.63) is 76.6 Å². The van der Waals surface area contributed by atoms with Gasteiger partial charge in [0, 0.05) is 31.1 Å². The standard InChI is InChI=1S/C22H24N4O2/c27-21-14-23-26(20-9-5-4-8-19(20)21)16-22(28)24-18-10-12-25(13-11-18)15-17-6-2-1-3-7-17/h1-9,14,18H,10-13,15-16H2,(H,24,28). The van der Waals surface area contributed by atoms with Crippen molar-refractivity contribution in [3.8, 4) is 0 Å². The molecule has 1 amide bonds.